The lowest BCUT2D eigenvalue weighted by Crippen LogP contribution is -2.50. The Kier molecular flexibility index (Phi) is 4.62. The van der Waals surface area contributed by atoms with Crippen LogP contribution < -0.4 is 10.6 Å². The zero-order valence-corrected chi connectivity index (χ0v) is 11.8. The van der Waals surface area contributed by atoms with Crippen molar-refractivity contribution in [2.75, 3.05) is 19.7 Å². The van der Waals surface area contributed by atoms with Crippen LogP contribution in [0.5, 0.6) is 0 Å². The summed E-state index contributed by atoms with van der Waals surface area (Å²) in [5, 5.41) is 6.13. The minimum Gasteiger partial charge on any atom is -0.366 e. The predicted molar refractivity (Wildman–Crippen MR) is 75.3 cm³/mol. The Labute approximate surface area is 123 Å². The quantitative estimate of drug-likeness (QED) is 0.886. The third-order valence-electron chi connectivity index (χ3n) is 3.71. The largest absolute Gasteiger partial charge is 0.366 e. The van der Waals surface area contributed by atoms with Crippen molar-refractivity contribution >= 4 is 18.3 Å². The first-order valence-electron chi connectivity index (χ1n) is 6.60. The zero-order chi connectivity index (χ0) is 13.3. The highest BCUT2D eigenvalue weighted by Crippen LogP contribution is 2.45. The molecule has 1 aromatic carbocycles. The van der Waals surface area contributed by atoms with Crippen molar-refractivity contribution in [2.24, 2.45) is 0 Å². The first kappa shape index (κ1) is 15.2. The summed E-state index contributed by atoms with van der Waals surface area (Å²) in [6.07, 6.45) is 1.25. The van der Waals surface area contributed by atoms with Crippen LogP contribution in [0.25, 0.3) is 0 Å². The lowest BCUT2D eigenvalue weighted by atomic mass is 10.0. The second-order valence-corrected chi connectivity index (χ2v) is 5.15. The van der Waals surface area contributed by atoms with E-state index in [4.69, 9.17) is 4.74 Å². The van der Waals surface area contributed by atoms with Crippen LogP contribution in [0.1, 0.15) is 18.4 Å². The number of ether oxygens (including phenoxy) is 1. The predicted octanol–water partition coefficient (Wildman–Crippen LogP) is 1.34. The van der Waals surface area contributed by atoms with E-state index in [-0.39, 0.29) is 29.7 Å². The first-order chi connectivity index (χ1) is 9.20. The minimum absolute atomic E-state index is 0. The zero-order valence-electron chi connectivity index (χ0n) is 11.0. The van der Waals surface area contributed by atoms with E-state index in [0.29, 0.717) is 13.2 Å². The summed E-state index contributed by atoms with van der Waals surface area (Å²) >= 11 is 0. The Morgan fingerprint density at radius 1 is 1.45 bits per heavy atom. The number of carbonyl (C=O) groups is 1. The molecule has 6 heteroatoms. The van der Waals surface area contributed by atoms with Crippen molar-refractivity contribution in [1.82, 2.24) is 10.6 Å². The highest BCUT2D eigenvalue weighted by atomic mass is 35.5. The molecular weight excluding hydrogens is 283 g/mol. The van der Waals surface area contributed by atoms with Crippen molar-refractivity contribution in [3.63, 3.8) is 0 Å². The van der Waals surface area contributed by atoms with E-state index in [1.165, 1.54) is 12.1 Å². The summed E-state index contributed by atoms with van der Waals surface area (Å²) in [7, 11) is 0. The van der Waals surface area contributed by atoms with Gasteiger partial charge in [0.1, 0.15) is 11.9 Å². The molecule has 20 heavy (non-hydrogen) atoms. The minimum atomic E-state index is -0.445. The van der Waals surface area contributed by atoms with E-state index in [1.807, 2.05) is 6.07 Å². The number of halogens is 2. The van der Waals surface area contributed by atoms with Gasteiger partial charge in [0.2, 0.25) is 0 Å². The van der Waals surface area contributed by atoms with Gasteiger partial charge in [-0.15, -0.1) is 12.4 Å². The maximum atomic E-state index is 13.3. The van der Waals surface area contributed by atoms with Gasteiger partial charge in [-0.1, -0.05) is 12.1 Å². The highest BCUT2D eigenvalue weighted by molar-refractivity contribution is 5.85. The lowest BCUT2D eigenvalue weighted by molar-refractivity contribution is -0.135. The third kappa shape index (κ3) is 3.11. The van der Waals surface area contributed by atoms with E-state index in [9.17, 15) is 9.18 Å². The molecule has 3 rings (SSSR count). The Hall–Kier alpha value is -1.17. The van der Waals surface area contributed by atoms with E-state index in [2.05, 4.69) is 10.6 Å². The van der Waals surface area contributed by atoms with Crippen LogP contribution in [-0.4, -0.2) is 31.7 Å². The number of morpholine rings is 1. The van der Waals surface area contributed by atoms with E-state index in [0.717, 1.165) is 24.9 Å². The number of hydrogen-bond acceptors (Lipinski definition) is 3. The number of amides is 1. The van der Waals surface area contributed by atoms with Crippen molar-refractivity contribution in [3.8, 4) is 0 Å². The van der Waals surface area contributed by atoms with Gasteiger partial charge >= 0.3 is 0 Å². The summed E-state index contributed by atoms with van der Waals surface area (Å²) in [5.41, 5.74) is 0.449. The summed E-state index contributed by atoms with van der Waals surface area (Å²) in [4.78, 5) is 12.1. The molecule has 1 saturated heterocycles. The molecular formula is C14H18ClFN2O2. The topological polar surface area (TPSA) is 50.4 Å². The average molecular weight is 301 g/mol. The summed E-state index contributed by atoms with van der Waals surface area (Å²) in [6, 6.07) is 6.44. The Bertz CT molecular complexity index is 488. The Morgan fingerprint density at radius 2 is 2.25 bits per heavy atom. The van der Waals surface area contributed by atoms with Gasteiger partial charge in [-0.05, 0) is 30.5 Å². The molecule has 1 atom stereocenters. The maximum Gasteiger partial charge on any atom is 0.251 e. The molecule has 110 valence electrons. The summed E-state index contributed by atoms with van der Waals surface area (Å²) < 4.78 is 18.7. The van der Waals surface area contributed by atoms with Crippen LogP contribution in [0.2, 0.25) is 0 Å². The van der Waals surface area contributed by atoms with Gasteiger partial charge in [0.15, 0.2) is 0 Å². The molecule has 1 unspecified atom stereocenters. The van der Waals surface area contributed by atoms with Crippen molar-refractivity contribution in [2.45, 2.75) is 24.5 Å². The molecule has 2 aliphatic rings. The highest BCUT2D eigenvalue weighted by Gasteiger charge is 2.46. The van der Waals surface area contributed by atoms with Crippen molar-refractivity contribution in [1.29, 1.82) is 0 Å². The van der Waals surface area contributed by atoms with Crippen LogP contribution in [0.15, 0.2) is 24.3 Å². The van der Waals surface area contributed by atoms with Crippen LogP contribution >= 0.6 is 12.4 Å². The van der Waals surface area contributed by atoms with E-state index >= 15 is 0 Å². The fourth-order valence-electron chi connectivity index (χ4n) is 2.45. The second kappa shape index (κ2) is 6.08. The van der Waals surface area contributed by atoms with Gasteiger partial charge in [-0.3, -0.25) is 4.79 Å². The van der Waals surface area contributed by atoms with Crippen molar-refractivity contribution < 1.29 is 13.9 Å². The molecule has 2 N–H and O–H groups in total. The Balaban J connectivity index is 0.00000147. The molecule has 4 nitrogen and oxygen atoms in total. The van der Waals surface area contributed by atoms with E-state index < -0.39 is 6.10 Å². The molecule has 1 saturated carbocycles. The number of benzene rings is 1. The third-order valence-corrected chi connectivity index (χ3v) is 3.71. The van der Waals surface area contributed by atoms with Gasteiger partial charge in [0, 0.05) is 13.1 Å². The van der Waals surface area contributed by atoms with Crippen LogP contribution in [0.3, 0.4) is 0 Å². The average Bonchev–Trinajstić information content (AvgIpc) is 3.21. The van der Waals surface area contributed by atoms with Crippen molar-refractivity contribution in [3.05, 3.63) is 35.6 Å². The molecule has 0 aromatic heterocycles. The Morgan fingerprint density at radius 3 is 2.85 bits per heavy atom. The molecule has 1 amide bonds. The molecule has 0 radical (unpaired) electrons. The number of nitrogens with one attached hydrogen (secondary N) is 2. The standard InChI is InChI=1S/C14H17FN2O2.ClH/c15-11-3-1-2-10(8-11)14(4-5-14)17-13(18)12-9-16-6-7-19-12;/h1-3,8,12,16H,4-7,9H2,(H,17,18);1H. The molecule has 1 aliphatic carbocycles. The fourth-order valence-corrected chi connectivity index (χ4v) is 2.45. The van der Waals surface area contributed by atoms with Gasteiger partial charge in [0.25, 0.3) is 5.91 Å². The SMILES string of the molecule is Cl.O=C(NC1(c2cccc(F)c2)CC1)C1CNCCO1. The number of carbonyl (C=O) groups excluding carboxylic acids is 1. The second-order valence-electron chi connectivity index (χ2n) is 5.15. The van der Waals surface area contributed by atoms with Crippen LogP contribution in [0, 0.1) is 5.82 Å². The molecule has 1 aliphatic heterocycles. The monoisotopic (exact) mass is 300 g/mol. The molecule has 0 bridgehead atoms. The van der Waals surface area contributed by atoms with Crippen LogP contribution in [0.4, 0.5) is 4.39 Å². The summed E-state index contributed by atoms with van der Waals surface area (Å²) in [5.74, 6) is -0.387. The molecule has 2 fully saturated rings. The van der Waals surface area contributed by atoms with Gasteiger partial charge in [-0.25, -0.2) is 4.39 Å². The maximum absolute atomic E-state index is 13.3. The number of hydrogen-bond donors (Lipinski definition) is 2. The normalized spacial score (nSPS) is 23.6. The lowest BCUT2D eigenvalue weighted by Gasteiger charge is -2.26. The van der Waals surface area contributed by atoms with Gasteiger partial charge < -0.3 is 15.4 Å². The fraction of sp³-hybridized carbons (Fsp3) is 0.500. The molecule has 1 heterocycles. The van der Waals surface area contributed by atoms with Gasteiger partial charge in [0.05, 0.1) is 12.1 Å². The molecule has 0 spiro atoms. The molecule has 1 aromatic rings. The van der Waals surface area contributed by atoms with E-state index in [1.54, 1.807) is 6.07 Å². The smallest absolute Gasteiger partial charge is 0.251 e. The van der Waals surface area contributed by atoms with Crippen LogP contribution in [-0.2, 0) is 15.1 Å². The van der Waals surface area contributed by atoms with Gasteiger partial charge in [-0.2, -0.15) is 0 Å². The first-order valence-corrected chi connectivity index (χ1v) is 6.60. The number of rotatable bonds is 3. The summed E-state index contributed by atoms with van der Waals surface area (Å²) in [6.45, 7) is 1.86.